The number of anilines is 3. The molecule has 0 radical (unpaired) electrons. The van der Waals surface area contributed by atoms with Crippen LogP contribution in [0.2, 0.25) is 0 Å². The van der Waals surface area contributed by atoms with E-state index in [1.807, 2.05) is 13.8 Å². The molecule has 0 saturated heterocycles. The number of unbranched alkanes of at least 4 members (excludes halogenated alkanes) is 2. The van der Waals surface area contributed by atoms with Crippen LogP contribution >= 0.6 is 0 Å². The number of ether oxygens (including phenoxy) is 3. The first-order valence-corrected chi connectivity index (χ1v) is 20.6. The summed E-state index contributed by atoms with van der Waals surface area (Å²) in [7, 11) is 1.55. The van der Waals surface area contributed by atoms with Gasteiger partial charge in [-0.3, -0.25) is 24.0 Å². The number of esters is 2. The molecule has 2 unspecified atom stereocenters. The van der Waals surface area contributed by atoms with Crippen molar-refractivity contribution in [1.82, 2.24) is 4.98 Å². The summed E-state index contributed by atoms with van der Waals surface area (Å²) in [6, 6.07) is 9.77. The van der Waals surface area contributed by atoms with Crippen molar-refractivity contribution in [3.8, 4) is 5.75 Å². The number of pyridine rings is 1. The SMILES string of the molecule is CCCCC(CC)C(=O)OC1CCC(C(=O)Nc2cc(NC(=O)c3ccc(OC)cc3)nc(NC(=O)C3CCC(OC(=O)C(CC)CCCC)CC3)c2)CC1. The number of benzene rings is 1. The summed E-state index contributed by atoms with van der Waals surface area (Å²) in [6.07, 6.45) is 11.5. The monoisotopic (exact) mass is 762 g/mol. The number of methoxy groups -OCH3 is 1. The van der Waals surface area contributed by atoms with Crippen molar-refractivity contribution in [2.75, 3.05) is 23.1 Å². The summed E-state index contributed by atoms with van der Waals surface area (Å²) in [5.74, 6) is -0.943. The van der Waals surface area contributed by atoms with E-state index in [0.29, 0.717) is 68.4 Å². The van der Waals surface area contributed by atoms with Crippen LogP contribution in [0.4, 0.5) is 17.3 Å². The van der Waals surface area contributed by atoms with Crippen LogP contribution in [-0.4, -0.2) is 54.0 Å². The van der Waals surface area contributed by atoms with Gasteiger partial charge in [-0.05, 0) is 101 Å². The first-order valence-electron chi connectivity index (χ1n) is 20.6. The minimum atomic E-state index is -0.420. The van der Waals surface area contributed by atoms with E-state index in [1.54, 1.807) is 43.5 Å². The molecule has 4 rings (SSSR count). The second kappa shape index (κ2) is 22.2. The van der Waals surface area contributed by atoms with E-state index >= 15 is 0 Å². The van der Waals surface area contributed by atoms with Gasteiger partial charge in [-0.2, -0.15) is 0 Å². The number of aromatic nitrogens is 1. The number of nitrogens with zero attached hydrogens (tertiary/aromatic N) is 1. The molecule has 1 aromatic heterocycles. The molecule has 0 aliphatic heterocycles. The van der Waals surface area contributed by atoms with Crippen molar-refractivity contribution in [2.24, 2.45) is 23.7 Å². The van der Waals surface area contributed by atoms with Crippen LogP contribution in [0.1, 0.15) is 141 Å². The maximum atomic E-state index is 13.5. The Morgan fingerprint density at radius 2 is 1.11 bits per heavy atom. The zero-order valence-electron chi connectivity index (χ0n) is 33.5. The number of hydrogen-bond acceptors (Lipinski definition) is 9. The second-order valence-corrected chi connectivity index (χ2v) is 15.1. The summed E-state index contributed by atoms with van der Waals surface area (Å²) >= 11 is 0. The van der Waals surface area contributed by atoms with Gasteiger partial charge >= 0.3 is 11.9 Å². The van der Waals surface area contributed by atoms with Gasteiger partial charge in [-0.15, -0.1) is 0 Å². The Labute approximate surface area is 326 Å². The summed E-state index contributed by atoms with van der Waals surface area (Å²) in [5.41, 5.74) is 0.753. The highest BCUT2D eigenvalue weighted by molar-refractivity contribution is 6.04. The molecular weight excluding hydrogens is 700 g/mol. The van der Waals surface area contributed by atoms with Crippen molar-refractivity contribution in [3.63, 3.8) is 0 Å². The maximum Gasteiger partial charge on any atom is 0.309 e. The van der Waals surface area contributed by atoms with Crippen LogP contribution in [0.25, 0.3) is 0 Å². The highest BCUT2D eigenvalue weighted by Gasteiger charge is 2.32. The van der Waals surface area contributed by atoms with Crippen LogP contribution < -0.4 is 20.7 Å². The molecule has 302 valence electrons. The molecule has 1 aromatic carbocycles. The molecule has 12 heteroatoms. The van der Waals surface area contributed by atoms with E-state index in [-0.39, 0.29) is 71.3 Å². The van der Waals surface area contributed by atoms with Gasteiger partial charge in [0.25, 0.3) is 5.91 Å². The Morgan fingerprint density at radius 1 is 0.655 bits per heavy atom. The van der Waals surface area contributed by atoms with Gasteiger partial charge in [0.05, 0.1) is 18.9 Å². The summed E-state index contributed by atoms with van der Waals surface area (Å²) in [6.45, 7) is 8.24. The average Bonchev–Trinajstić information content (AvgIpc) is 3.19. The van der Waals surface area contributed by atoms with Gasteiger partial charge in [-0.25, -0.2) is 4.98 Å². The van der Waals surface area contributed by atoms with Gasteiger partial charge in [0.2, 0.25) is 11.8 Å². The molecule has 55 heavy (non-hydrogen) atoms. The summed E-state index contributed by atoms with van der Waals surface area (Å²) in [5, 5.41) is 8.67. The lowest BCUT2D eigenvalue weighted by Gasteiger charge is -2.29. The zero-order chi connectivity index (χ0) is 39.7. The number of amides is 3. The summed E-state index contributed by atoms with van der Waals surface area (Å²) in [4.78, 5) is 70.2. The number of carbonyl (C=O) groups excluding carboxylic acids is 5. The van der Waals surface area contributed by atoms with Gasteiger partial charge in [-0.1, -0.05) is 53.4 Å². The molecule has 0 bridgehead atoms. The normalized spacial score (nSPS) is 20.7. The Hall–Kier alpha value is -4.48. The average molecular weight is 763 g/mol. The topological polar surface area (TPSA) is 162 Å². The second-order valence-electron chi connectivity index (χ2n) is 15.1. The van der Waals surface area contributed by atoms with E-state index in [2.05, 4.69) is 34.8 Å². The predicted octanol–water partition coefficient (Wildman–Crippen LogP) is 8.86. The van der Waals surface area contributed by atoms with Crippen molar-refractivity contribution < 1.29 is 38.2 Å². The largest absolute Gasteiger partial charge is 0.497 e. The minimum Gasteiger partial charge on any atom is -0.497 e. The fourth-order valence-electron chi connectivity index (χ4n) is 7.42. The van der Waals surface area contributed by atoms with Crippen LogP contribution in [0.15, 0.2) is 36.4 Å². The molecule has 2 saturated carbocycles. The highest BCUT2D eigenvalue weighted by Crippen LogP contribution is 2.32. The first kappa shape index (κ1) is 43.3. The van der Waals surface area contributed by atoms with Gasteiger partial charge in [0.15, 0.2) is 0 Å². The van der Waals surface area contributed by atoms with E-state index in [0.717, 1.165) is 51.4 Å². The standard InChI is InChI=1S/C43H62N4O8/c1-6-10-12-28(8-3)42(51)54-35-22-16-30(17-23-35)39(48)44-33-26-37(46-40(49)31-14-20-34(53-5)21-15-31)45-38(27-33)47-41(50)32-18-24-36(25-19-32)55-43(52)29(9-4)13-11-7-2/h14-15,20-21,26-30,32,35-36H,6-13,16-19,22-25H2,1-5H3,(H3,44,45,46,47,48,49,50). The lowest BCUT2D eigenvalue weighted by atomic mass is 9.86. The number of hydrogen-bond donors (Lipinski definition) is 3. The molecule has 2 fully saturated rings. The summed E-state index contributed by atoms with van der Waals surface area (Å²) < 4.78 is 16.9. The molecule has 2 aliphatic carbocycles. The highest BCUT2D eigenvalue weighted by atomic mass is 16.5. The molecule has 2 aromatic rings. The Balaban J connectivity index is 1.39. The third-order valence-electron chi connectivity index (χ3n) is 11.1. The van der Waals surface area contributed by atoms with Gasteiger partial charge < -0.3 is 30.2 Å². The lowest BCUT2D eigenvalue weighted by molar-refractivity contribution is -0.157. The molecule has 3 amide bonds. The number of rotatable bonds is 19. The Bertz CT molecular complexity index is 1480. The van der Waals surface area contributed by atoms with E-state index in [1.165, 1.54) is 0 Å². The molecule has 2 atom stereocenters. The third-order valence-corrected chi connectivity index (χ3v) is 11.1. The molecule has 12 nitrogen and oxygen atoms in total. The van der Waals surface area contributed by atoms with Crippen LogP contribution in [0.3, 0.4) is 0 Å². The molecule has 0 spiro atoms. The predicted molar refractivity (Wildman–Crippen MR) is 213 cm³/mol. The van der Waals surface area contributed by atoms with E-state index in [4.69, 9.17) is 14.2 Å². The molecule has 2 aliphatic rings. The first-order chi connectivity index (χ1) is 26.6. The Kier molecular flexibility index (Phi) is 17.4. The smallest absolute Gasteiger partial charge is 0.309 e. The van der Waals surface area contributed by atoms with Crippen molar-refractivity contribution >= 4 is 47.0 Å². The van der Waals surface area contributed by atoms with Crippen molar-refractivity contribution in [2.45, 2.75) is 143 Å². The van der Waals surface area contributed by atoms with Crippen LogP contribution in [-0.2, 0) is 28.7 Å². The van der Waals surface area contributed by atoms with E-state index < -0.39 is 5.91 Å². The lowest BCUT2D eigenvalue weighted by Crippen LogP contribution is -2.33. The molecular formula is C43H62N4O8. The fraction of sp³-hybridized carbons (Fsp3) is 0.628. The zero-order valence-corrected chi connectivity index (χ0v) is 33.5. The van der Waals surface area contributed by atoms with Gasteiger partial charge in [0.1, 0.15) is 29.6 Å². The molecule has 1 heterocycles. The number of carbonyl (C=O) groups is 5. The van der Waals surface area contributed by atoms with E-state index in [9.17, 15) is 24.0 Å². The minimum absolute atomic E-state index is 0.0877. The number of nitrogens with one attached hydrogen (secondary N) is 3. The molecule has 3 N–H and O–H groups in total. The Morgan fingerprint density at radius 3 is 1.55 bits per heavy atom. The van der Waals surface area contributed by atoms with Crippen LogP contribution in [0, 0.1) is 23.7 Å². The van der Waals surface area contributed by atoms with Crippen molar-refractivity contribution in [1.29, 1.82) is 0 Å². The fourth-order valence-corrected chi connectivity index (χ4v) is 7.42. The van der Waals surface area contributed by atoms with Gasteiger partial charge in [0, 0.05) is 35.2 Å². The van der Waals surface area contributed by atoms with Crippen LogP contribution in [0.5, 0.6) is 5.75 Å². The quantitative estimate of drug-likeness (QED) is 0.119. The van der Waals surface area contributed by atoms with Crippen molar-refractivity contribution in [3.05, 3.63) is 42.0 Å². The maximum absolute atomic E-state index is 13.5. The third kappa shape index (κ3) is 13.4.